The molecular weight excluding hydrogens is 296 g/mol. The Bertz CT molecular complexity index is 288. The summed E-state index contributed by atoms with van der Waals surface area (Å²) in [4.78, 5) is 0. The van der Waals surface area contributed by atoms with Crippen LogP contribution in [0, 0.1) is 12.0 Å². The molecule has 0 heterocycles. The van der Waals surface area contributed by atoms with Crippen LogP contribution >= 0.6 is 0 Å². The van der Waals surface area contributed by atoms with Gasteiger partial charge in [0.15, 0.2) is 0 Å². The third-order valence-electron chi connectivity index (χ3n) is 5.99. The summed E-state index contributed by atoms with van der Waals surface area (Å²) in [6.45, 7) is 5.49. The van der Waals surface area contributed by atoms with Crippen LogP contribution in [-0.4, -0.2) is 18.8 Å². The minimum absolute atomic E-state index is 0.489. The van der Waals surface area contributed by atoms with Gasteiger partial charge in [0.25, 0.3) is 0 Å². The first-order chi connectivity index (χ1) is 11.8. The lowest BCUT2D eigenvalue weighted by atomic mass is 9.97. The van der Waals surface area contributed by atoms with E-state index in [9.17, 15) is 0 Å². The third kappa shape index (κ3) is 7.87. The Morgan fingerprint density at radius 2 is 1.33 bits per heavy atom. The fourth-order valence-electron chi connectivity index (χ4n) is 4.20. The highest BCUT2D eigenvalue weighted by Gasteiger charge is 2.22. The van der Waals surface area contributed by atoms with Crippen LogP contribution in [0.25, 0.3) is 0 Å². The first kappa shape index (κ1) is 20.2. The monoisotopic (exact) mass is 337 g/mol. The molecule has 141 valence electrons. The summed E-state index contributed by atoms with van der Waals surface area (Å²) in [7, 11) is 0. The summed E-state index contributed by atoms with van der Waals surface area (Å²) >= 11 is 0. The molecule has 0 aromatic rings. The lowest BCUT2D eigenvalue weighted by molar-refractivity contribution is -0.00159. The van der Waals surface area contributed by atoms with E-state index in [1.165, 1.54) is 89.6 Å². The second-order valence-corrected chi connectivity index (χ2v) is 8.05. The maximum Gasteiger partial charge on any atom is 0.0975 e. The van der Waals surface area contributed by atoms with Crippen LogP contribution in [0.4, 0.5) is 0 Å². The van der Waals surface area contributed by atoms with Gasteiger partial charge >= 0.3 is 0 Å². The standard InChI is InChI=1S/C22H41O2/c1-3-19(18-23-21-13-9-5-6-10-14-21)17-20(4-2)24-22-15-11-7-8-12-16-22/h19,21-22H,3-18H2,1-2H3. The number of ether oxygens (including phenoxy) is 2. The van der Waals surface area contributed by atoms with Crippen molar-refractivity contribution < 1.29 is 9.47 Å². The van der Waals surface area contributed by atoms with Crippen molar-refractivity contribution in [1.82, 2.24) is 0 Å². The lowest BCUT2D eigenvalue weighted by Crippen LogP contribution is -2.22. The van der Waals surface area contributed by atoms with E-state index in [1.54, 1.807) is 0 Å². The van der Waals surface area contributed by atoms with Crippen LogP contribution < -0.4 is 0 Å². The molecule has 0 bridgehead atoms. The molecule has 2 nitrogen and oxygen atoms in total. The molecular formula is C22H41O2. The first-order valence-electron chi connectivity index (χ1n) is 10.9. The minimum Gasteiger partial charge on any atom is -0.378 e. The molecule has 2 rings (SSSR count). The van der Waals surface area contributed by atoms with Gasteiger partial charge in [-0.3, -0.25) is 0 Å². The zero-order valence-electron chi connectivity index (χ0n) is 16.4. The Balaban J connectivity index is 1.71. The van der Waals surface area contributed by atoms with Crippen LogP contribution in [0.3, 0.4) is 0 Å². The molecule has 0 aromatic heterocycles. The average Bonchev–Trinajstić information content (AvgIpc) is 3.02. The molecule has 1 radical (unpaired) electrons. The highest BCUT2D eigenvalue weighted by Crippen LogP contribution is 2.29. The van der Waals surface area contributed by atoms with Crippen molar-refractivity contribution in [2.45, 2.75) is 122 Å². The SMILES string of the molecule is CC[C](CC(CC)COC1CCCCCC1)OC1CCCCCC1. The normalized spacial score (nSPS) is 23.1. The molecule has 24 heavy (non-hydrogen) atoms. The van der Waals surface area contributed by atoms with Crippen LogP contribution in [0.15, 0.2) is 0 Å². The average molecular weight is 338 g/mol. The van der Waals surface area contributed by atoms with Gasteiger partial charge in [-0.15, -0.1) is 0 Å². The van der Waals surface area contributed by atoms with Gasteiger partial charge in [-0.05, 0) is 44.4 Å². The molecule has 1 atom stereocenters. The quantitative estimate of drug-likeness (QED) is 0.430. The Hall–Kier alpha value is -0.0800. The molecule has 1 unspecified atom stereocenters. The molecule has 0 aliphatic heterocycles. The molecule has 2 saturated carbocycles. The van der Waals surface area contributed by atoms with E-state index < -0.39 is 0 Å². The van der Waals surface area contributed by atoms with E-state index in [0.29, 0.717) is 18.1 Å². The molecule has 2 heteroatoms. The van der Waals surface area contributed by atoms with Crippen molar-refractivity contribution in [2.24, 2.45) is 5.92 Å². The summed E-state index contributed by atoms with van der Waals surface area (Å²) in [5.74, 6) is 0.633. The molecule has 2 aliphatic carbocycles. The van der Waals surface area contributed by atoms with Crippen molar-refractivity contribution in [1.29, 1.82) is 0 Å². The van der Waals surface area contributed by atoms with E-state index in [2.05, 4.69) is 13.8 Å². The fourth-order valence-corrected chi connectivity index (χ4v) is 4.20. The number of rotatable bonds is 9. The Labute approximate surface area is 151 Å². The molecule has 2 fully saturated rings. The van der Waals surface area contributed by atoms with Crippen molar-refractivity contribution in [3.63, 3.8) is 0 Å². The Morgan fingerprint density at radius 1 is 0.792 bits per heavy atom. The van der Waals surface area contributed by atoms with Crippen LogP contribution in [0.2, 0.25) is 0 Å². The first-order valence-corrected chi connectivity index (χ1v) is 10.9. The van der Waals surface area contributed by atoms with E-state index in [1.807, 2.05) is 0 Å². The molecule has 0 amide bonds. The molecule has 0 spiro atoms. The van der Waals surface area contributed by atoms with Gasteiger partial charge < -0.3 is 9.47 Å². The third-order valence-corrected chi connectivity index (χ3v) is 5.99. The van der Waals surface area contributed by atoms with Crippen LogP contribution in [0.5, 0.6) is 0 Å². The van der Waals surface area contributed by atoms with E-state index in [0.717, 1.165) is 19.4 Å². The Kier molecular flexibility index (Phi) is 10.4. The van der Waals surface area contributed by atoms with Crippen molar-refractivity contribution in [3.05, 3.63) is 6.10 Å². The van der Waals surface area contributed by atoms with Gasteiger partial charge in [0.2, 0.25) is 0 Å². The van der Waals surface area contributed by atoms with Gasteiger partial charge in [-0.2, -0.15) is 0 Å². The minimum atomic E-state index is 0.489. The second kappa shape index (κ2) is 12.3. The summed E-state index contributed by atoms with van der Waals surface area (Å²) in [6.07, 6.45) is 21.8. The lowest BCUT2D eigenvalue weighted by Gasteiger charge is -2.27. The fraction of sp³-hybridized carbons (Fsp3) is 0.955. The van der Waals surface area contributed by atoms with Crippen LogP contribution in [0.1, 0.15) is 110 Å². The second-order valence-electron chi connectivity index (χ2n) is 8.05. The van der Waals surface area contributed by atoms with Crippen molar-refractivity contribution in [2.75, 3.05) is 6.61 Å². The molecule has 2 aliphatic rings. The van der Waals surface area contributed by atoms with Gasteiger partial charge in [0.05, 0.1) is 18.3 Å². The van der Waals surface area contributed by atoms with Gasteiger partial charge in [0.1, 0.15) is 0 Å². The van der Waals surface area contributed by atoms with Crippen molar-refractivity contribution >= 4 is 0 Å². The summed E-state index contributed by atoms with van der Waals surface area (Å²) in [5, 5.41) is 0. The van der Waals surface area contributed by atoms with Gasteiger partial charge in [0, 0.05) is 6.61 Å². The summed E-state index contributed by atoms with van der Waals surface area (Å²) in [5.41, 5.74) is 0. The topological polar surface area (TPSA) is 18.5 Å². The smallest absolute Gasteiger partial charge is 0.0975 e. The highest BCUT2D eigenvalue weighted by molar-refractivity contribution is 4.83. The zero-order valence-corrected chi connectivity index (χ0v) is 16.4. The molecule has 0 saturated heterocycles. The maximum absolute atomic E-state index is 6.43. The summed E-state index contributed by atoms with van der Waals surface area (Å²) in [6, 6.07) is 0. The Morgan fingerprint density at radius 3 is 1.83 bits per heavy atom. The predicted molar refractivity (Wildman–Crippen MR) is 102 cm³/mol. The maximum atomic E-state index is 6.43. The molecule has 0 N–H and O–H groups in total. The predicted octanol–water partition coefficient (Wildman–Crippen LogP) is 6.82. The van der Waals surface area contributed by atoms with Gasteiger partial charge in [-0.25, -0.2) is 0 Å². The highest BCUT2D eigenvalue weighted by atomic mass is 16.5. The van der Waals surface area contributed by atoms with E-state index in [4.69, 9.17) is 9.47 Å². The van der Waals surface area contributed by atoms with Gasteiger partial charge in [-0.1, -0.05) is 71.6 Å². The number of hydrogen-bond donors (Lipinski definition) is 0. The van der Waals surface area contributed by atoms with E-state index >= 15 is 0 Å². The summed E-state index contributed by atoms with van der Waals surface area (Å²) < 4.78 is 12.7. The van der Waals surface area contributed by atoms with Crippen molar-refractivity contribution in [3.8, 4) is 0 Å². The van der Waals surface area contributed by atoms with E-state index in [-0.39, 0.29) is 0 Å². The molecule has 0 aromatic carbocycles. The largest absolute Gasteiger partial charge is 0.378 e. The number of hydrogen-bond acceptors (Lipinski definition) is 2. The van der Waals surface area contributed by atoms with Crippen LogP contribution in [-0.2, 0) is 9.47 Å². The zero-order chi connectivity index (χ0) is 17.0.